The number of hydrogen-bond acceptors (Lipinski definition) is 5. The van der Waals surface area contributed by atoms with Gasteiger partial charge in [0.1, 0.15) is 11.5 Å². The Kier molecular flexibility index (Phi) is 6.16. The molecule has 0 aliphatic carbocycles. The molecule has 7 heteroatoms. The molecule has 0 fully saturated rings. The first-order chi connectivity index (χ1) is 13.6. The molecule has 1 aliphatic rings. The number of ether oxygens (including phenoxy) is 1. The van der Waals surface area contributed by atoms with Crippen LogP contribution in [0.4, 0.5) is 10.6 Å². The second kappa shape index (κ2) is 8.94. The number of aromatic amines is 1. The number of carbonyl (C=O) groups excluding carboxylic acids is 1. The van der Waals surface area contributed by atoms with Gasteiger partial charge < -0.3 is 9.72 Å². The molecule has 0 atom stereocenters. The lowest BCUT2D eigenvalue weighted by molar-refractivity contribution is 0.154. The van der Waals surface area contributed by atoms with Crippen LogP contribution in [0.2, 0.25) is 0 Å². The monoisotopic (exact) mass is 378 g/mol. The Labute approximate surface area is 163 Å². The molecule has 3 rings (SSSR count). The highest BCUT2D eigenvalue weighted by Gasteiger charge is 2.28. The third-order valence-corrected chi connectivity index (χ3v) is 4.40. The summed E-state index contributed by atoms with van der Waals surface area (Å²) < 4.78 is 5.40. The molecular formula is C21H22N4O3. The number of pyridine rings is 1. The summed E-state index contributed by atoms with van der Waals surface area (Å²) in [4.78, 5) is 38.0. The van der Waals surface area contributed by atoms with E-state index < -0.39 is 6.09 Å². The van der Waals surface area contributed by atoms with E-state index in [-0.39, 0.29) is 12.2 Å². The van der Waals surface area contributed by atoms with Crippen molar-refractivity contribution < 1.29 is 9.53 Å². The summed E-state index contributed by atoms with van der Waals surface area (Å²) in [5, 5.41) is 0. The summed E-state index contributed by atoms with van der Waals surface area (Å²) in [6.45, 7) is 8.02. The fraction of sp³-hybridized carbons (Fsp3) is 0.238. The molecule has 1 aliphatic heterocycles. The zero-order valence-electron chi connectivity index (χ0n) is 15.6. The number of rotatable bonds is 6. The van der Waals surface area contributed by atoms with Crippen LogP contribution in [0.3, 0.4) is 0 Å². The Bertz CT molecular complexity index is 963. The molecule has 7 nitrogen and oxygen atoms in total. The van der Waals surface area contributed by atoms with Crippen molar-refractivity contribution in [3.63, 3.8) is 0 Å². The number of nitrogens with zero attached hydrogens (tertiary/aromatic N) is 3. The maximum atomic E-state index is 12.6. The molecule has 2 aromatic rings. The quantitative estimate of drug-likeness (QED) is 0.778. The minimum absolute atomic E-state index is 0.201. The number of allylic oxidation sites excluding steroid dienone is 3. The number of fused-ring (bicyclic) bond motifs is 1. The average Bonchev–Trinajstić information content (AvgIpc) is 2.73. The van der Waals surface area contributed by atoms with E-state index in [9.17, 15) is 9.59 Å². The molecule has 2 aromatic heterocycles. The number of aromatic nitrogens is 3. The highest BCUT2D eigenvalue weighted by Crippen LogP contribution is 2.25. The highest BCUT2D eigenvalue weighted by molar-refractivity contribution is 5.88. The van der Waals surface area contributed by atoms with Gasteiger partial charge in [-0.25, -0.2) is 9.78 Å². The van der Waals surface area contributed by atoms with Crippen LogP contribution in [-0.2, 0) is 11.2 Å². The predicted molar refractivity (Wildman–Crippen MR) is 108 cm³/mol. The molecular weight excluding hydrogens is 356 g/mol. The van der Waals surface area contributed by atoms with E-state index in [1.54, 1.807) is 30.5 Å². The Balaban J connectivity index is 1.82. The fourth-order valence-corrected chi connectivity index (χ4v) is 3.00. The SMILES string of the molecule is C=C/C=C(\C=C)CCOC(=O)N1CCCc2c1nc(-c1ccccn1)[nH]c2=O. The van der Waals surface area contributed by atoms with E-state index in [1.165, 1.54) is 4.90 Å². The maximum Gasteiger partial charge on any atom is 0.415 e. The number of amides is 1. The van der Waals surface area contributed by atoms with Crippen molar-refractivity contribution >= 4 is 11.9 Å². The van der Waals surface area contributed by atoms with Crippen molar-refractivity contribution in [2.45, 2.75) is 19.3 Å². The molecule has 1 amide bonds. The molecule has 1 N–H and O–H groups in total. The second-order valence-corrected chi connectivity index (χ2v) is 6.23. The van der Waals surface area contributed by atoms with Crippen molar-refractivity contribution in [1.29, 1.82) is 0 Å². The molecule has 0 saturated carbocycles. The van der Waals surface area contributed by atoms with Crippen molar-refractivity contribution in [3.8, 4) is 11.5 Å². The Hall–Kier alpha value is -3.48. The molecule has 0 aromatic carbocycles. The molecule has 0 unspecified atom stereocenters. The van der Waals surface area contributed by atoms with Gasteiger partial charge in [-0.15, -0.1) is 0 Å². The Morgan fingerprint density at radius 2 is 2.21 bits per heavy atom. The van der Waals surface area contributed by atoms with Gasteiger partial charge in [-0.3, -0.25) is 14.7 Å². The van der Waals surface area contributed by atoms with Gasteiger partial charge in [0.2, 0.25) is 0 Å². The van der Waals surface area contributed by atoms with Crippen LogP contribution in [-0.4, -0.2) is 34.2 Å². The predicted octanol–water partition coefficient (Wildman–Crippen LogP) is 3.41. The minimum Gasteiger partial charge on any atom is -0.449 e. The van der Waals surface area contributed by atoms with Gasteiger partial charge in [-0.2, -0.15) is 0 Å². The third-order valence-electron chi connectivity index (χ3n) is 4.40. The normalized spacial score (nSPS) is 13.6. The number of hydrogen-bond donors (Lipinski definition) is 1. The van der Waals surface area contributed by atoms with Crippen molar-refractivity contribution in [1.82, 2.24) is 15.0 Å². The van der Waals surface area contributed by atoms with Crippen LogP contribution < -0.4 is 10.5 Å². The summed E-state index contributed by atoms with van der Waals surface area (Å²) >= 11 is 0. The van der Waals surface area contributed by atoms with Gasteiger partial charge in [0.15, 0.2) is 5.82 Å². The number of carbonyl (C=O) groups is 1. The zero-order valence-corrected chi connectivity index (χ0v) is 15.6. The summed E-state index contributed by atoms with van der Waals surface area (Å²) in [6, 6.07) is 5.34. The molecule has 0 spiro atoms. The largest absolute Gasteiger partial charge is 0.449 e. The van der Waals surface area contributed by atoms with E-state index in [0.29, 0.717) is 48.7 Å². The lowest BCUT2D eigenvalue weighted by atomic mass is 10.1. The van der Waals surface area contributed by atoms with Crippen LogP contribution >= 0.6 is 0 Å². The first-order valence-electron chi connectivity index (χ1n) is 9.07. The summed E-state index contributed by atoms with van der Waals surface area (Å²) in [5.41, 5.74) is 1.69. The topological polar surface area (TPSA) is 88.2 Å². The van der Waals surface area contributed by atoms with Crippen LogP contribution in [0.25, 0.3) is 11.5 Å². The van der Waals surface area contributed by atoms with Gasteiger partial charge in [-0.05, 0) is 30.5 Å². The molecule has 3 heterocycles. The fourth-order valence-electron chi connectivity index (χ4n) is 3.00. The van der Waals surface area contributed by atoms with Gasteiger partial charge in [0.05, 0.1) is 12.2 Å². The van der Waals surface area contributed by atoms with Crippen LogP contribution in [0, 0.1) is 0 Å². The van der Waals surface area contributed by atoms with Crippen molar-refractivity contribution in [2.75, 3.05) is 18.1 Å². The smallest absolute Gasteiger partial charge is 0.415 e. The first-order valence-corrected chi connectivity index (χ1v) is 9.07. The number of anilines is 1. The van der Waals surface area contributed by atoms with Crippen molar-refractivity contribution in [2.24, 2.45) is 0 Å². The van der Waals surface area contributed by atoms with Crippen LogP contribution in [0.5, 0.6) is 0 Å². The molecule has 144 valence electrons. The molecule has 0 saturated heterocycles. The van der Waals surface area contributed by atoms with Gasteiger partial charge in [-0.1, -0.05) is 37.5 Å². The summed E-state index contributed by atoms with van der Waals surface area (Å²) in [7, 11) is 0. The number of nitrogens with one attached hydrogen (secondary N) is 1. The zero-order chi connectivity index (χ0) is 19.9. The van der Waals surface area contributed by atoms with Gasteiger partial charge in [0.25, 0.3) is 5.56 Å². The molecule has 0 radical (unpaired) electrons. The van der Waals surface area contributed by atoms with Crippen molar-refractivity contribution in [3.05, 3.63) is 77.3 Å². The standard InChI is InChI=1S/C21H22N4O3/c1-3-8-15(4-2)11-14-28-21(27)25-13-7-9-16-19(25)23-18(24-20(16)26)17-10-5-6-12-22-17/h3-6,8,10,12H,1-2,7,9,11,13-14H2,(H,23,24,26)/b15-8+. The second-order valence-electron chi connectivity index (χ2n) is 6.23. The van der Waals surface area contributed by atoms with Crippen LogP contribution in [0.1, 0.15) is 18.4 Å². The third kappa shape index (κ3) is 4.25. The van der Waals surface area contributed by atoms with E-state index in [1.807, 2.05) is 12.1 Å². The maximum absolute atomic E-state index is 12.6. The van der Waals surface area contributed by atoms with E-state index in [0.717, 1.165) is 5.57 Å². The van der Waals surface area contributed by atoms with Crippen LogP contribution in [0.15, 0.2) is 66.1 Å². The Morgan fingerprint density at radius 3 is 2.93 bits per heavy atom. The molecule has 28 heavy (non-hydrogen) atoms. The first kappa shape index (κ1) is 19.3. The van der Waals surface area contributed by atoms with E-state index in [4.69, 9.17) is 4.74 Å². The van der Waals surface area contributed by atoms with E-state index in [2.05, 4.69) is 28.1 Å². The minimum atomic E-state index is -0.520. The summed E-state index contributed by atoms with van der Waals surface area (Å²) in [6.07, 6.45) is 8.04. The lowest BCUT2D eigenvalue weighted by Gasteiger charge is -2.27. The Morgan fingerprint density at radius 1 is 1.36 bits per heavy atom. The van der Waals surface area contributed by atoms with Gasteiger partial charge >= 0.3 is 6.09 Å². The highest BCUT2D eigenvalue weighted by atomic mass is 16.6. The summed E-state index contributed by atoms with van der Waals surface area (Å²) in [5.74, 6) is 0.665. The lowest BCUT2D eigenvalue weighted by Crippen LogP contribution is -2.39. The van der Waals surface area contributed by atoms with Gasteiger partial charge in [0, 0.05) is 19.2 Å². The van der Waals surface area contributed by atoms with E-state index >= 15 is 0 Å². The average molecular weight is 378 g/mol. The molecule has 0 bridgehead atoms. The number of H-pyrrole nitrogens is 1.